The summed E-state index contributed by atoms with van der Waals surface area (Å²) in [6.45, 7) is 8.64. The first-order valence-corrected chi connectivity index (χ1v) is 11.8. The number of hydrogen-bond acceptors (Lipinski definition) is 4. The fourth-order valence-corrected chi connectivity index (χ4v) is 4.98. The van der Waals surface area contributed by atoms with E-state index >= 15 is 0 Å². The van der Waals surface area contributed by atoms with Gasteiger partial charge in [0.2, 0.25) is 0 Å². The van der Waals surface area contributed by atoms with Crippen LogP contribution in [0.25, 0.3) is 10.9 Å². The highest BCUT2D eigenvalue weighted by Crippen LogP contribution is 2.29. The number of likely N-dealkylation sites (tertiary alicyclic amines) is 1. The third-order valence-corrected chi connectivity index (χ3v) is 6.94. The van der Waals surface area contributed by atoms with Gasteiger partial charge in [0.05, 0.1) is 11.6 Å². The summed E-state index contributed by atoms with van der Waals surface area (Å²) in [4.78, 5) is 17.6. The molecule has 33 heavy (non-hydrogen) atoms. The van der Waals surface area contributed by atoms with Gasteiger partial charge in [-0.2, -0.15) is 5.26 Å². The number of rotatable bonds is 5. The molecule has 0 bridgehead atoms. The topological polar surface area (TPSA) is 61.5 Å². The summed E-state index contributed by atoms with van der Waals surface area (Å²) in [7, 11) is 0. The summed E-state index contributed by atoms with van der Waals surface area (Å²) in [5, 5.41) is 10.0. The van der Waals surface area contributed by atoms with Crippen molar-refractivity contribution in [1.82, 2.24) is 14.4 Å². The Hall–Kier alpha value is -3.30. The first kappa shape index (κ1) is 21.5. The SMILES string of the molecule is CC(C)N1CCC(Oc2ccc3c(c2)cc2n3CCN(Cc3ccc(C#N)cc3)C2=O)CC1. The van der Waals surface area contributed by atoms with Gasteiger partial charge in [-0.1, -0.05) is 12.1 Å². The highest BCUT2D eigenvalue weighted by Gasteiger charge is 2.27. The highest BCUT2D eigenvalue weighted by molar-refractivity contribution is 5.99. The van der Waals surface area contributed by atoms with E-state index in [4.69, 9.17) is 10.00 Å². The number of piperidine rings is 1. The number of amides is 1. The Morgan fingerprint density at radius 3 is 2.48 bits per heavy atom. The van der Waals surface area contributed by atoms with Crippen LogP contribution in [-0.2, 0) is 13.1 Å². The summed E-state index contributed by atoms with van der Waals surface area (Å²) in [6, 6.07) is 18.4. The zero-order valence-electron chi connectivity index (χ0n) is 19.3. The molecule has 6 heteroatoms. The molecule has 2 aliphatic heterocycles. The minimum atomic E-state index is 0.0466. The van der Waals surface area contributed by atoms with Crippen molar-refractivity contribution in [1.29, 1.82) is 5.26 Å². The molecule has 0 atom stereocenters. The molecule has 3 heterocycles. The van der Waals surface area contributed by atoms with Crippen molar-refractivity contribution in [2.45, 2.75) is 51.9 Å². The molecular formula is C27H30N4O2. The van der Waals surface area contributed by atoms with E-state index in [0.717, 1.165) is 60.4 Å². The number of hydrogen-bond donors (Lipinski definition) is 0. The lowest BCUT2D eigenvalue weighted by molar-refractivity contribution is 0.0693. The molecule has 1 saturated heterocycles. The molecule has 0 N–H and O–H groups in total. The number of carbonyl (C=O) groups excluding carboxylic acids is 1. The first-order valence-electron chi connectivity index (χ1n) is 11.8. The summed E-state index contributed by atoms with van der Waals surface area (Å²) < 4.78 is 8.44. The fourth-order valence-electron chi connectivity index (χ4n) is 4.98. The van der Waals surface area contributed by atoms with Crippen molar-refractivity contribution < 1.29 is 9.53 Å². The molecule has 1 amide bonds. The summed E-state index contributed by atoms with van der Waals surface area (Å²) >= 11 is 0. The van der Waals surface area contributed by atoms with E-state index in [0.29, 0.717) is 24.7 Å². The monoisotopic (exact) mass is 442 g/mol. The molecule has 1 aromatic heterocycles. The first-order chi connectivity index (χ1) is 16.0. The van der Waals surface area contributed by atoms with Gasteiger partial charge in [-0.3, -0.25) is 4.79 Å². The predicted octanol–water partition coefficient (Wildman–Crippen LogP) is 4.42. The van der Waals surface area contributed by atoms with Gasteiger partial charge in [0.25, 0.3) is 5.91 Å². The fraction of sp³-hybridized carbons (Fsp3) is 0.407. The van der Waals surface area contributed by atoms with Crippen LogP contribution in [-0.4, -0.2) is 52.1 Å². The smallest absolute Gasteiger partial charge is 0.270 e. The van der Waals surface area contributed by atoms with Gasteiger partial charge in [0, 0.05) is 49.7 Å². The summed E-state index contributed by atoms with van der Waals surface area (Å²) in [5.41, 5.74) is 3.48. The van der Waals surface area contributed by atoms with Crippen LogP contribution in [0.4, 0.5) is 0 Å². The molecule has 0 radical (unpaired) electrons. The van der Waals surface area contributed by atoms with Crippen LogP contribution in [0, 0.1) is 11.3 Å². The number of nitriles is 1. The maximum Gasteiger partial charge on any atom is 0.270 e. The Balaban J connectivity index is 1.30. The van der Waals surface area contributed by atoms with E-state index < -0.39 is 0 Å². The normalized spacial score (nSPS) is 17.4. The number of benzene rings is 2. The van der Waals surface area contributed by atoms with Crippen molar-refractivity contribution in [3.8, 4) is 11.8 Å². The Morgan fingerprint density at radius 2 is 1.79 bits per heavy atom. The molecular weight excluding hydrogens is 412 g/mol. The van der Waals surface area contributed by atoms with Crippen LogP contribution >= 0.6 is 0 Å². The van der Waals surface area contributed by atoms with E-state index in [2.05, 4.69) is 41.5 Å². The molecule has 1 fully saturated rings. The quantitative estimate of drug-likeness (QED) is 0.587. The molecule has 170 valence electrons. The van der Waals surface area contributed by atoms with Crippen molar-refractivity contribution in [2.24, 2.45) is 0 Å². The van der Waals surface area contributed by atoms with Crippen LogP contribution in [0.2, 0.25) is 0 Å². The van der Waals surface area contributed by atoms with Gasteiger partial charge in [-0.15, -0.1) is 0 Å². The molecule has 0 unspecified atom stereocenters. The van der Waals surface area contributed by atoms with Crippen molar-refractivity contribution >= 4 is 16.8 Å². The van der Waals surface area contributed by atoms with Crippen LogP contribution in [0.3, 0.4) is 0 Å². The third kappa shape index (κ3) is 4.34. The molecule has 0 spiro atoms. The Kier molecular flexibility index (Phi) is 5.82. The lowest BCUT2D eigenvalue weighted by Crippen LogP contribution is -2.41. The third-order valence-electron chi connectivity index (χ3n) is 6.94. The zero-order chi connectivity index (χ0) is 22.9. The predicted molar refractivity (Wildman–Crippen MR) is 128 cm³/mol. The standard InChI is InChI=1S/C27H30N4O2/c1-19(2)29-11-9-23(10-12-29)33-24-7-8-25-22(15-24)16-26-27(32)30(13-14-31(25)26)18-21-5-3-20(17-28)4-6-21/h3-8,15-16,19,23H,9-14,18H2,1-2H3. The van der Waals surface area contributed by atoms with E-state index in [9.17, 15) is 4.79 Å². The summed E-state index contributed by atoms with van der Waals surface area (Å²) in [6.07, 6.45) is 2.34. The van der Waals surface area contributed by atoms with Gasteiger partial charge in [0.15, 0.2) is 0 Å². The Bertz CT molecular complexity index is 1200. The van der Waals surface area contributed by atoms with E-state index in [-0.39, 0.29) is 12.0 Å². The minimum Gasteiger partial charge on any atom is -0.490 e. The van der Waals surface area contributed by atoms with Crippen LogP contribution < -0.4 is 4.74 Å². The Morgan fingerprint density at radius 1 is 1.03 bits per heavy atom. The molecule has 3 aromatic rings. The van der Waals surface area contributed by atoms with E-state index in [1.54, 1.807) is 12.1 Å². The van der Waals surface area contributed by atoms with E-state index in [1.807, 2.05) is 29.2 Å². The van der Waals surface area contributed by atoms with Crippen molar-refractivity contribution in [3.63, 3.8) is 0 Å². The van der Waals surface area contributed by atoms with Gasteiger partial charge in [0.1, 0.15) is 17.5 Å². The maximum absolute atomic E-state index is 13.2. The second kappa shape index (κ2) is 8.92. The maximum atomic E-state index is 13.2. The Labute approximate surface area is 195 Å². The van der Waals surface area contributed by atoms with Crippen LogP contribution in [0.5, 0.6) is 5.75 Å². The van der Waals surface area contributed by atoms with Gasteiger partial charge < -0.3 is 19.1 Å². The average Bonchev–Trinajstić information content (AvgIpc) is 3.20. The minimum absolute atomic E-state index is 0.0466. The number of ether oxygens (including phenoxy) is 1. The van der Waals surface area contributed by atoms with Gasteiger partial charge >= 0.3 is 0 Å². The second-order valence-corrected chi connectivity index (χ2v) is 9.38. The molecule has 6 nitrogen and oxygen atoms in total. The van der Waals surface area contributed by atoms with Crippen molar-refractivity contribution in [3.05, 3.63) is 65.4 Å². The van der Waals surface area contributed by atoms with E-state index in [1.165, 1.54) is 0 Å². The molecule has 2 aromatic carbocycles. The molecule has 5 rings (SSSR count). The molecule has 0 saturated carbocycles. The van der Waals surface area contributed by atoms with Crippen molar-refractivity contribution in [2.75, 3.05) is 19.6 Å². The van der Waals surface area contributed by atoms with Gasteiger partial charge in [-0.05, 0) is 68.7 Å². The van der Waals surface area contributed by atoms with Crippen LogP contribution in [0.15, 0.2) is 48.5 Å². The van der Waals surface area contributed by atoms with Crippen LogP contribution in [0.1, 0.15) is 48.3 Å². The lowest BCUT2D eigenvalue weighted by atomic mass is 10.1. The number of aromatic nitrogens is 1. The number of carbonyl (C=O) groups is 1. The molecule has 0 aliphatic carbocycles. The van der Waals surface area contributed by atoms with Gasteiger partial charge in [-0.25, -0.2) is 0 Å². The number of nitrogens with zero attached hydrogens (tertiary/aromatic N) is 4. The summed E-state index contributed by atoms with van der Waals surface area (Å²) in [5.74, 6) is 0.931. The second-order valence-electron chi connectivity index (χ2n) is 9.38. The highest BCUT2D eigenvalue weighted by atomic mass is 16.5. The lowest BCUT2D eigenvalue weighted by Gasteiger charge is -2.34. The molecule has 2 aliphatic rings. The average molecular weight is 443 g/mol. The zero-order valence-corrected chi connectivity index (χ0v) is 19.3. The number of fused-ring (bicyclic) bond motifs is 3. The largest absolute Gasteiger partial charge is 0.490 e.